The van der Waals surface area contributed by atoms with Gasteiger partial charge in [0.2, 0.25) is 0 Å². The van der Waals surface area contributed by atoms with E-state index in [0.29, 0.717) is 17.1 Å². The van der Waals surface area contributed by atoms with Gasteiger partial charge in [-0.25, -0.2) is 0 Å². The third-order valence-corrected chi connectivity index (χ3v) is 4.77. The molecule has 2 aromatic carbocycles. The van der Waals surface area contributed by atoms with Gasteiger partial charge in [0, 0.05) is 12.1 Å². The van der Waals surface area contributed by atoms with E-state index in [9.17, 15) is 4.79 Å². The van der Waals surface area contributed by atoms with Gasteiger partial charge in [0.15, 0.2) is 11.5 Å². The lowest BCUT2D eigenvalue weighted by Crippen LogP contribution is -2.30. The van der Waals surface area contributed by atoms with Crippen LogP contribution >= 0.6 is 0 Å². The Balaban J connectivity index is 1.85. The normalized spacial score (nSPS) is 16.5. The summed E-state index contributed by atoms with van der Waals surface area (Å²) in [6, 6.07) is 13.4. The van der Waals surface area contributed by atoms with Gasteiger partial charge in [-0.05, 0) is 62.6 Å². The quantitative estimate of drug-likeness (QED) is 0.754. The van der Waals surface area contributed by atoms with Crippen LogP contribution < -0.4 is 14.2 Å². The summed E-state index contributed by atoms with van der Waals surface area (Å²) >= 11 is 0. The average Bonchev–Trinajstić information content (AvgIpc) is 3.17. The molecule has 0 aliphatic carbocycles. The average molecular weight is 369 g/mol. The summed E-state index contributed by atoms with van der Waals surface area (Å²) in [7, 11) is 3.25. The summed E-state index contributed by atoms with van der Waals surface area (Å²) in [5, 5.41) is 0. The number of carbonyl (C=O) groups is 1. The summed E-state index contributed by atoms with van der Waals surface area (Å²) in [6.07, 6.45) is 1.97. The molecule has 0 spiro atoms. The molecule has 0 radical (unpaired) electrons. The van der Waals surface area contributed by atoms with Crippen LogP contribution in [0.3, 0.4) is 0 Å². The molecule has 1 heterocycles. The lowest BCUT2D eigenvalue weighted by molar-refractivity contribution is 0.0735. The highest BCUT2D eigenvalue weighted by Crippen LogP contribution is 2.36. The fourth-order valence-electron chi connectivity index (χ4n) is 3.52. The van der Waals surface area contributed by atoms with Gasteiger partial charge >= 0.3 is 0 Å². The number of amides is 1. The Hall–Kier alpha value is -2.69. The fraction of sp³-hybridized carbons (Fsp3) is 0.409. The lowest BCUT2D eigenvalue weighted by atomic mass is 10.0. The Bertz CT molecular complexity index is 803. The molecule has 1 atom stereocenters. The van der Waals surface area contributed by atoms with Crippen LogP contribution in [0.15, 0.2) is 42.5 Å². The van der Waals surface area contributed by atoms with Crippen LogP contribution in [-0.4, -0.2) is 37.7 Å². The third-order valence-electron chi connectivity index (χ3n) is 4.77. The zero-order valence-corrected chi connectivity index (χ0v) is 16.4. The monoisotopic (exact) mass is 369 g/mol. The molecule has 2 aromatic rings. The van der Waals surface area contributed by atoms with Gasteiger partial charge in [0.25, 0.3) is 5.91 Å². The van der Waals surface area contributed by atoms with Crippen LogP contribution in [-0.2, 0) is 0 Å². The van der Waals surface area contributed by atoms with Gasteiger partial charge in [0.05, 0.1) is 26.4 Å². The molecule has 0 bridgehead atoms. The van der Waals surface area contributed by atoms with Gasteiger partial charge in [-0.2, -0.15) is 0 Å². The molecule has 1 unspecified atom stereocenters. The molecule has 0 saturated carbocycles. The Morgan fingerprint density at radius 3 is 2.59 bits per heavy atom. The van der Waals surface area contributed by atoms with E-state index in [1.807, 2.05) is 49.1 Å². The van der Waals surface area contributed by atoms with Crippen molar-refractivity contribution >= 4 is 5.91 Å². The summed E-state index contributed by atoms with van der Waals surface area (Å²) in [5.41, 5.74) is 1.71. The van der Waals surface area contributed by atoms with E-state index in [0.717, 1.165) is 30.7 Å². The molecule has 5 nitrogen and oxygen atoms in total. The summed E-state index contributed by atoms with van der Waals surface area (Å²) in [5.74, 6) is 2.04. The Morgan fingerprint density at radius 2 is 1.89 bits per heavy atom. The number of rotatable bonds is 6. The van der Waals surface area contributed by atoms with Crippen LogP contribution in [0.5, 0.6) is 17.2 Å². The van der Waals surface area contributed by atoms with Crippen LogP contribution in [0.2, 0.25) is 0 Å². The first-order chi connectivity index (χ1) is 13.0. The second kappa shape index (κ2) is 8.33. The molecule has 0 N–H and O–H groups in total. The van der Waals surface area contributed by atoms with Crippen molar-refractivity contribution in [2.45, 2.75) is 38.8 Å². The Morgan fingerprint density at radius 1 is 1.07 bits per heavy atom. The first-order valence-corrected chi connectivity index (χ1v) is 9.33. The van der Waals surface area contributed by atoms with E-state index >= 15 is 0 Å². The molecule has 1 fully saturated rings. The van der Waals surface area contributed by atoms with E-state index in [1.54, 1.807) is 20.3 Å². The van der Waals surface area contributed by atoms with E-state index < -0.39 is 0 Å². The van der Waals surface area contributed by atoms with Crippen molar-refractivity contribution in [2.24, 2.45) is 0 Å². The molecule has 1 aliphatic heterocycles. The maximum Gasteiger partial charge on any atom is 0.254 e. The Labute approximate surface area is 160 Å². The van der Waals surface area contributed by atoms with E-state index in [-0.39, 0.29) is 18.1 Å². The number of hydrogen-bond donors (Lipinski definition) is 0. The fourth-order valence-corrected chi connectivity index (χ4v) is 3.52. The number of likely N-dealkylation sites (tertiary alicyclic amines) is 1. The van der Waals surface area contributed by atoms with Crippen molar-refractivity contribution in [2.75, 3.05) is 20.8 Å². The highest BCUT2D eigenvalue weighted by molar-refractivity contribution is 5.95. The van der Waals surface area contributed by atoms with Gasteiger partial charge in [-0.3, -0.25) is 4.79 Å². The highest BCUT2D eigenvalue weighted by atomic mass is 16.5. The second-order valence-electron chi connectivity index (χ2n) is 6.97. The number of benzene rings is 2. The molecule has 1 amide bonds. The number of hydrogen-bond acceptors (Lipinski definition) is 4. The van der Waals surface area contributed by atoms with Crippen molar-refractivity contribution in [3.05, 3.63) is 53.6 Å². The van der Waals surface area contributed by atoms with E-state index in [1.165, 1.54) is 0 Å². The molecule has 5 heteroatoms. The smallest absolute Gasteiger partial charge is 0.254 e. The largest absolute Gasteiger partial charge is 0.497 e. The minimum Gasteiger partial charge on any atom is -0.497 e. The van der Waals surface area contributed by atoms with E-state index in [4.69, 9.17) is 14.2 Å². The predicted octanol–water partition coefficient (Wildman–Crippen LogP) is 4.47. The van der Waals surface area contributed by atoms with Crippen LogP contribution in [0.4, 0.5) is 0 Å². The number of ether oxygens (including phenoxy) is 3. The van der Waals surface area contributed by atoms with Crippen LogP contribution in [0, 0.1) is 0 Å². The van der Waals surface area contributed by atoms with Crippen molar-refractivity contribution < 1.29 is 19.0 Å². The first kappa shape index (κ1) is 19.1. The number of nitrogens with zero attached hydrogens (tertiary/aromatic N) is 1. The van der Waals surface area contributed by atoms with Crippen molar-refractivity contribution in [3.8, 4) is 17.2 Å². The highest BCUT2D eigenvalue weighted by Gasteiger charge is 2.31. The standard InChI is InChI=1S/C22H27NO4/c1-15(2)27-20-11-10-17(14-21(20)26-4)22(24)23-12-6-9-19(23)16-7-5-8-18(13-16)25-3/h5,7-8,10-11,13-15,19H,6,9,12H2,1-4H3. The SMILES string of the molecule is COc1cccc(C2CCCN2C(=O)c2ccc(OC(C)C)c(OC)c2)c1. The Kier molecular flexibility index (Phi) is 5.89. The van der Waals surface area contributed by atoms with Gasteiger partial charge < -0.3 is 19.1 Å². The van der Waals surface area contributed by atoms with Gasteiger partial charge in [-0.15, -0.1) is 0 Å². The summed E-state index contributed by atoms with van der Waals surface area (Å²) < 4.78 is 16.5. The van der Waals surface area contributed by atoms with Crippen LogP contribution in [0.1, 0.15) is 48.7 Å². The molecule has 144 valence electrons. The summed E-state index contributed by atoms with van der Waals surface area (Å²) in [6.45, 7) is 4.66. The third kappa shape index (κ3) is 4.18. The molecule has 0 aromatic heterocycles. The zero-order chi connectivity index (χ0) is 19.4. The molecular formula is C22H27NO4. The first-order valence-electron chi connectivity index (χ1n) is 9.33. The molecule has 1 saturated heterocycles. The number of methoxy groups -OCH3 is 2. The van der Waals surface area contributed by atoms with Crippen LogP contribution in [0.25, 0.3) is 0 Å². The van der Waals surface area contributed by atoms with Crippen molar-refractivity contribution in [1.29, 1.82) is 0 Å². The van der Waals surface area contributed by atoms with Gasteiger partial charge in [0.1, 0.15) is 5.75 Å². The molecule has 3 rings (SSSR count). The maximum absolute atomic E-state index is 13.2. The molecular weight excluding hydrogens is 342 g/mol. The van der Waals surface area contributed by atoms with Gasteiger partial charge in [-0.1, -0.05) is 12.1 Å². The van der Waals surface area contributed by atoms with E-state index in [2.05, 4.69) is 6.07 Å². The minimum absolute atomic E-state index is 0.00900. The number of carbonyl (C=O) groups excluding carboxylic acids is 1. The zero-order valence-electron chi connectivity index (χ0n) is 16.4. The topological polar surface area (TPSA) is 48.0 Å². The predicted molar refractivity (Wildman–Crippen MR) is 105 cm³/mol. The molecule has 27 heavy (non-hydrogen) atoms. The molecule has 1 aliphatic rings. The summed E-state index contributed by atoms with van der Waals surface area (Å²) in [4.78, 5) is 15.1. The van der Waals surface area contributed by atoms with Crippen molar-refractivity contribution in [1.82, 2.24) is 4.90 Å². The van der Waals surface area contributed by atoms with Crippen molar-refractivity contribution in [3.63, 3.8) is 0 Å². The lowest BCUT2D eigenvalue weighted by Gasteiger charge is -2.26. The minimum atomic E-state index is 0.00900. The maximum atomic E-state index is 13.2. The second-order valence-corrected chi connectivity index (χ2v) is 6.97.